The van der Waals surface area contributed by atoms with Gasteiger partial charge in [-0.15, -0.1) is 0 Å². The van der Waals surface area contributed by atoms with Crippen LogP contribution in [-0.2, 0) is 4.79 Å². The van der Waals surface area contributed by atoms with Gasteiger partial charge in [0.05, 0.1) is 0 Å². The number of amidine groups is 1. The van der Waals surface area contributed by atoms with Crippen molar-refractivity contribution in [2.45, 2.75) is 45.6 Å². The predicted octanol–water partition coefficient (Wildman–Crippen LogP) is 1.16. The zero-order valence-electron chi connectivity index (χ0n) is 10.0. The van der Waals surface area contributed by atoms with Gasteiger partial charge in [0.15, 0.2) is 0 Å². The Morgan fingerprint density at radius 1 is 1.62 bits per heavy atom. The Hall–Kier alpha value is -1.26. The molecular formula is C11H21N3O2. The van der Waals surface area contributed by atoms with Crippen LogP contribution in [0.25, 0.3) is 0 Å². The van der Waals surface area contributed by atoms with Gasteiger partial charge in [-0.3, -0.25) is 4.79 Å². The molecular weight excluding hydrogens is 206 g/mol. The maximum absolute atomic E-state index is 12.0. The second-order valence-corrected chi connectivity index (χ2v) is 4.41. The fourth-order valence-corrected chi connectivity index (χ4v) is 1.60. The van der Waals surface area contributed by atoms with Crippen LogP contribution < -0.4 is 5.73 Å². The normalized spacial score (nSPS) is 18.2. The lowest BCUT2D eigenvalue weighted by Gasteiger charge is -2.25. The molecule has 1 saturated carbocycles. The summed E-state index contributed by atoms with van der Waals surface area (Å²) in [5.74, 6) is 0.436. The van der Waals surface area contributed by atoms with E-state index < -0.39 is 0 Å². The summed E-state index contributed by atoms with van der Waals surface area (Å²) in [4.78, 5) is 13.9. The number of oxime groups is 1. The first kappa shape index (κ1) is 12.8. The van der Waals surface area contributed by atoms with Crippen LogP contribution in [0.15, 0.2) is 5.16 Å². The van der Waals surface area contributed by atoms with Gasteiger partial charge in [0, 0.05) is 24.9 Å². The Labute approximate surface area is 96.3 Å². The topological polar surface area (TPSA) is 78.9 Å². The molecule has 0 spiro atoms. The number of rotatable bonds is 6. The molecule has 1 unspecified atom stereocenters. The molecule has 3 N–H and O–H groups in total. The maximum atomic E-state index is 12.0. The minimum absolute atomic E-state index is 0.0629. The summed E-state index contributed by atoms with van der Waals surface area (Å²) in [7, 11) is 0. The number of carbonyl (C=O) groups is 1. The van der Waals surface area contributed by atoms with Gasteiger partial charge < -0.3 is 15.8 Å². The standard InChI is InChI=1S/C11H21N3O2/c1-3-8(2)11(15)14(9-4-5-9)7-6-10(12)13-16/h8-9,16H,3-7H2,1-2H3,(H2,12,13). The molecule has 1 atom stereocenters. The second-order valence-electron chi connectivity index (χ2n) is 4.41. The van der Waals surface area contributed by atoms with Crippen molar-refractivity contribution < 1.29 is 10.0 Å². The highest BCUT2D eigenvalue weighted by Crippen LogP contribution is 2.28. The largest absolute Gasteiger partial charge is 0.409 e. The minimum atomic E-state index is 0.0629. The highest BCUT2D eigenvalue weighted by atomic mass is 16.4. The quantitative estimate of drug-likeness (QED) is 0.309. The van der Waals surface area contributed by atoms with Gasteiger partial charge in [-0.2, -0.15) is 0 Å². The third-order valence-corrected chi connectivity index (χ3v) is 3.04. The fourth-order valence-electron chi connectivity index (χ4n) is 1.60. The molecule has 16 heavy (non-hydrogen) atoms. The van der Waals surface area contributed by atoms with E-state index in [1.807, 2.05) is 18.7 Å². The lowest BCUT2D eigenvalue weighted by molar-refractivity contribution is -0.135. The Bertz CT molecular complexity index is 274. The first-order chi connectivity index (χ1) is 7.60. The summed E-state index contributed by atoms with van der Waals surface area (Å²) in [6.07, 6.45) is 3.46. The van der Waals surface area contributed by atoms with Crippen molar-refractivity contribution in [2.24, 2.45) is 16.8 Å². The molecule has 0 aromatic rings. The summed E-state index contributed by atoms with van der Waals surface area (Å²) < 4.78 is 0. The monoisotopic (exact) mass is 227 g/mol. The van der Waals surface area contributed by atoms with Crippen LogP contribution in [-0.4, -0.2) is 34.4 Å². The van der Waals surface area contributed by atoms with Crippen molar-refractivity contribution in [3.63, 3.8) is 0 Å². The van der Waals surface area contributed by atoms with E-state index in [9.17, 15) is 4.79 Å². The minimum Gasteiger partial charge on any atom is -0.409 e. The van der Waals surface area contributed by atoms with E-state index in [4.69, 9.17) is 10.9 Å². The second kappa shape index (κ2) is 5.72. The third-order valence-electron chi connectivity index (χ3n) is 3.04. The van der Waals surface area contributed by atoms with Crippen LogP contribution in [0, 0.1) is 5.92 Å². The van der Waals surface area contributed by atoms with E-state index >= 15 is 0 Å². The van der Waals surface area contributed by atoms with E-state index in [1.165, 1.54) is 0 Å². The first-order valence-corrected chi connectivity index (χ1v) is 5.87. The molecule has 1 rings (SSSR count). The van der Waals surface area contributed by atoms with Crippen LogP contribution in [0.4, 0.5) is 0 Å². The van der Waals surface area contributed by atoms with E-state index in [1.54, 1.807) is 0 Å². The summed E-state index contributed by atoms with van der Waals surface area (Å²) in [6, 6.07) is 0.382. The maximum Gasteiger partial charge on any atom is 0.225 e. The van der Waals surface area contributed by atoms with Gasteiger partial charge in [0.2, 0.25) is 5.91 Å². The number of amides is 1. The molecule has 1 fully saturated rings. The zero-order chi connectivity index (χ0) is 12.1. The Balaban J connectivity index is 2.50. The molecule has 1 amide bonds. The molecule has 5 heteroatoms. The average Bonchev–Trinajstić information content (AvgIpc) is 3.11. The Kier molecular flexibility index (Phi) is 4.58. The van der Waals surface area contributed by atoms with Gasteiger partial charge >= 0.3 is 0 Å². The van der Waals surface area contributed by atoms with Crippen molar-refractivity contribution in [3.05, 3.63) is 0 Å². The first-order valence-electron chi connectivity index (χ1n) is 5.87. The summed E-state index contributed by atoms with van der Waals surface area (Å²) in [6.45, 7) is 4.52. The molecule has 0 heterocycles. The molecule has 0 saturated heterocycles. The molecule has 0 bridgehead atoms. The van der Waals surface area contributed by atoms with Crippen LogP contribution in [0.3, 0.4) is 0 Å². The number of hydrogen-bond donors (Lipinski definition) is 2. The van der Waals surface area contributed by atoms with Crippen molar-refractivity contribution in [1.29, 1.82) is 0 Å². The van der Waals surface area contributed by atoms with E-state index in [0.717, 1.165) is 19.3 Å². The molecule has 1 aliphatic rings. The smallest absolute Gasteiger partial charge is 0.225 e. The van der Waals surface area contributed by atoms with Gasteiger partial charge in [0.1, 0.15) is 5.84 Å². The molecule has 5 nitrogen and oxygen atoms in total. The number of nitrogens with zero attached hydrogens (tertiary/aromatic N) is 2. The number of hydrogen-bond acceptors (Lipinski definition) is 3. The van der Waals surface area contributed by atoms with Crippen LogP contribution in [0.1, 0.15) is 39.5 Å². The molecule has 0 aliphatic heterocycles. The van der Waals surface area contributed by atoms with Crippen LogP contribution in [0.5, 0.6) is 0 Å². The summed E-state index contributed by atoms with van der Waals surface area (Å²) >= 11 is 0. The van der Waals surface area contributed by atoms with Gasteiger partial charge in [-0.1, -0.05) is 19.0 Å². The number of nitrogens with two attached hydrogens (primary N) is 1. The third kappa shape index (κ3) is 3.40. The van der Waals surface area contributed by atoms with Crippen molar-refractivity contribution in [2.75, 3.05) is 6.54 Å². The molecule has 92 valence electrons. The molecule has 0 aromatic carbocycles. The molecule has 1 aliphatic carbocycles. The van der Waals surface area contributed by atoms with Crippen molar-refractivity contribution in [3.8, 4) is 0 Å². The SMILES string of the molecule is CCC(C)C(=O)N(CCC(N)=NO)C1CC1. The average molecular weight is 227 g/mol. The Morgan fingerprint density at radius 3 is 2.69 bits per heavy atom. The lowest BCUT2D eigenvalue weighted by atomic mass is 10.1. The summed E-state index contributed by atoms with van der Waals surface area (Å²) in [5.41, 5.74) is 5.41. The fraction of sp³-hybridized carbons (Fsp3) is 0.818. The van der Waals surface area contributed by atoms with Crippen molar-refractivity contribution >= 4 is 11.7 Å². The van der Waals surface area contributed by atoms with E-state index in [2.05, 4.69) is 5.16 Å². The predicted molar refractivity (Wildman–Crippen MR) is 62.2 cm³/mol. The van der Waals surface area contributed by atoms with Crippen LogP contribution >= 0.6 is 0 Å². The summed E-state index contributed by atoms with van der Waals surface area (Å²) in [5, 5.41) is 11.4. The van der Waals surface area contributed by atoms with E-state index in [0.29, 0.717) is 19.0 Å². The highest BCUT2D eigenvalue weighted by molar-refractivity contribution is 5.82. The van der Waals surface area contributed by atoms with Gasteiger partial charge in [-0.05, 0) is 19.3 Å². The Morgan fingerprint density at radius 2 is 2.25 bits per heavy atom. The van der Waals surface area contributed by atoms with Crippen LogP contribution in [0.2, 0.25) is 0 Å². The van der Waals surface area contributed by atoms with Gasteiger partial charge in [-0.25, -0.2) is 0 Å². The molecule has 0 aromatic heterocycles. The lowest BCUT2D eigenvalue weighted by Crippen LogP contribution is -2.39. The van der Waals surface area contributed by atoms with Gasteiger partial charge in [0.25, 0.3) is 0 Å². The zero-order valence-corrected chi connectivity index (χ0v) is 10.0. The molecule has 0 radical (unpaired) electrons. The number of carbonyl (C=O) groups excluding carboxylic acids is 1. The van der Waals surface area contributed by atoms with E-state index in [-0.39, 0.29) is 17.7 Å². The highest BCUT2D eigenvalue weighted by Gasteiger charge is 2.33. The van der Waals surface area contributed by atoms with Crippen molar-refractivity contribution in [1.82, 2.24) is 4.90 Å².